The van der Waals surface area contributed by atoms with Crippen LogP contribution in [-0.2, 0) is 16.6 Å². The summed E-state index contributed by atoms with van der Waals surface area (Å²) in [4.78, 5) is 16.6. The van der Waals surface area contributed by atoms with Crippen LogP contribution in [0.15, 0.2) is 5.38 Å². The summed E-state index contributed by atoms with van der Waals surface area (Å²) < 4.78 is 0. The first-order valence-corrected chi connectivity index (χ1v) is 9.25. The number of carbonyl (C=O) groups excluding carboxylic acids is 1. The van der Waals surface area contributed by atoms with E-state index < -0.39 is 0 Å². The van der Waals surface area contributed by atoms with Gasteiger partial charge in [0.15, 0.2) is 0 Å². The minimum Gasteiger partial charge on any atom is -0.356 e. The second-order valence-electron chi connectivity index (χ2n) is 7.21. The molecule has 0 aromatic carbocycles. The number of nitrogens with one attached hydrogen (secondary N) is 2. The summed E-state index contributed by atoms with van der Waals surface area (Å²) in [6.07, 6.45) is 4.94. The van der Waals surface area contributed by atoms with Crippen LogP contribution >= 0.6 is 36.2 Å². The average Bonchev–Trinajstić information content (AvgIpc) is 2.95. The van der Waals surface area contributed by atoms with Gasteiger partial charge in [-0.05, 0) is 38.3 Å². The Morgan fingerprint density at radius 3 is 2.58 bits per heavy atom. The summed E-state index contributed by atoms with van der Waals surface area (Å²) >= 11 is 1.69. The molecule has 0 atom stereocenters. The Balaban J connectivity index is 0.00000264. The maximum Gasteiger partial charge on any atom is 0.220 e. The van der Waals surface area contributed by atoms with E-state index in [9.17, 15) is 4.79 Å². The molecule has 2 N–H and O–H groups in total. The number of amides is 1. The van der Waals surface area contributed by atoms with Crippen molar-refractivity contribution in [1.82, 2.24) is 15.6 Å². The van der Waals surface area contributed by atoms with Crippen molar-refractivity contribution in [3.05, 3.63) is 16.1 Å². The normalized spacial score (nSPS) is 15.3. The molecule has 4 nitrogen and oxygen atoms in total. The van der Waals surface area contributed by atoms with E-state index in [1.54, 1.807) is 11.3 Å². The summed E-state index contributed by atoms with van der Waals surface area (Å²) in [5, 5.41) is 9.64. The number of hydrogen-bond acceptors (Lipinski definition) is 4. The largest absolute Gasteiger partial charge is 0.356 e. The molecule has 1 amide bonds. The molecule has 0 radical (unpaired) electrons. The van der Waals surface area contributed by atoms with Gasteiger partial charge in [-0.3, -0.25) is 4.79 Å². The molecule has 0 saturated carbocycles. The van der Waals surface area contributed by atoms with Crippen molar-refractivity contribution < 1.29 is 4.79 Å². The highest BCUT2D eigenvalue weighted by molar-refractivity contribution is 7.09. The van der Waals surface area contributed by atoms with E-state index in [2.05, 4.69) is 41.8 Å². The molecule has 2 heterocycles. The SMILES string of the molecule is CC(C)(C)c1csc(CCNC(=O)CCC2CCNCC2)n1.Cl.Cl. The summed E-state index contributed by atoms with van der Waals surface area (Å²) in [5.41, 5.74) is 1.25. The van der Waals surface area contributed by atoms with Gasteiger partial charge < -0.3 is 10.6 Å². The highest BCUT2D eigenvalue weighted by Gasteiger charge is 2.17. The standard InChI is InChI=1S/C17H29N3OS.2ClH/c1-17(2,3)14-12-22-16(20-14)8-11-19-15(21)5-4-13-6-9-18-10-7-13;;/h12-13,18H,4-11H2,1-3H3,(H,19,21);2*1H. The second kappa shape index (κ2) is 11.3. The molecule has 0 bridgehead atoms. The molecule has 140 valence electrons. The van der Waals surface area contributed by atoms with Gasteiger partial charge in [-0.1, -0.05) is 20.8 Å². The number of thiazole rings is 1. The van der Waals surface area contributed by atoms with E-state index in [1.165, 1.54) is 12.8 Å². The highest BCUT2D eigenvalue weighted by atomic mass is 35.5. The molecule has 7 heteroatoms. The molecule has 1 aliphatic heterocycles. The maximum atomic E-state index is 11.9. The van der Waals surface area contributed by atoms with E-state index >= 15 is 0 Å². The Bertz CT molecular complexity index is 482. The maximum absolute atomic E-state index is 11.9. The zero-order valence-corrected chi connectivity index (χ0v) is 17.3. The monoisotopic (exact) mass is 395 g/mol. The Morgan fingerprint density at radius 1 is 1.33 bits per heavy atom. The summed E-state index contributed by atoms with van der Waals surface area (Å²) in [7, 11) is 0. The summed E-state index contributed by atoms with van der Waals surface area (Å²) in [6.45, 7) is 9.43. The molecule has 24 heavy (non-hydrogen) atoms. The number of halogens is 2. The number of carbonyl (C=O) groups is 1. The third-order valence-electron chi connectivity index (χ3n) is 4.22. The fraction of sp³-hybridized carbons (Fsp3) is 0.765. The van der Waals surface area contributed by atoms with E-state index in [-0.39, 0.29) is 36.1 Å². The van der Waals surface area contributed by atoms with Gasteiger partial charge in [-0.15, -0.1) is 36.2 Å². The van der Waals surface area contributed by atoms with Gasteiger partial charge in [0.1, 0.15) is 0 Å². The van der Waals surface area contributed by atoms with Crippen molar-refractivity contribution in [2.45, 2.75) is 58.3 Å². The van der Waals surface area contributed by atoms with Gasteiger partial charge in [0.05, 0.1) is 10.7 Å². The summed E-state index contributed by atoms with van der Waals surface area (Å²) in [6, 6.07) is 0. The first-order valence-electron chi connectivity index (χ1n) is 8.37. The van der Waals surface area contributed by atoms with Crippen LogP contribution in [0.3, 0.4) is 0 Å². The molecule has 1 aliphatic rings. The predicted octanol–water partition coefficient (Wildman–Crippen LogP) is 3.72. The minimum atomic E-state index is 0. The lowest BCUT2D eigenvalue weighted by Gasteiger charge is -2.22. The second-order valence-corrected chi connectivity index (χ2v) is 8.15. The van der Waals surface area contributed by atoms with Gasteiger partial charge in [-0.25, -0.2) is 4.98 Å². The van der Waals surface area contributed by atoms with Gasteiger partial charge in [-0.2, -0.15) is 0 Å². The zero-order chi connectivity index (χ0) is 16.0. The predicted molar refractivity (Wildman–Crippen MR) is 107 cm³/mol. The highest BCUT2D eigenvalue weighted by Crippen LogP contribution is 2.24. The van der Waals surface area contributed by atoms with Gasteiger partial charge >= 0.3 is 0 Å². The molecular formula is C17H31Cl2N3OS. The first kappa shape index (κ1) is 23.6. The van der Waals surface area contributed by atoms with Gasteiger partial charge in [0.2, 0.25) is 5.91 Å². The Morgan fingerprint density at radius 2 is 2.00 bits per heavy atom. The number of rotatable bonds is 6. The third kappa shape index (κ3) is 8.15. The Hall–Kier alpha value is -0.360. The molecule has 0 aliphatic carbocycles. The number of aromatic nitrogens is 1. The number of piperidine rings is 1. The molecule has 2 rings (SSSR count). The molecule has 1 fully saturated rings. The van der Waals surface area contributed by atoms with Gasteiger partial charge in [0.25, 0.3) is 0 Å². The minimum absolute atomic E-state index is 0. The first-order chi connectivity index (χ1) is 10.4. The Labute approximate surface area is 162 Å². The van der Waals surface area contributed by atoms with Crippen LogP contribution in [-0.4, -0.2) is 30.5 Å². The number of hydrogen-bond donors (Lipinski definition) is 2. The molecule has 1 aromatic heterocycles. The number of nitrogens with zero attached hydrogens (tertiary/aromatic N) is 1. The van der Waals surface area contributed by atoms with Crippen LogP contribution in [0.25, 0.3) is 0 Å². The fourth-order valence-corrected chi connectivity index (χ4v) is 3.70. The summed E-state index contributed by atoms with van der Waals surface area (Å²) in [5.74, 6) is 0.909. The van der Waals surface area contributed by atoms with Crippen molar-refractivity contribution in [3.8, 4) is 0 Å². The topological polar surface area (TPSA) is 54.0 Å². The van der Waals surface area contributed by atoms with E-state index in [0.717, 1.165) is 42.6 Å². The van der Waals surface area contributed by atoms with Crippen LogP contribution < -0.4 is 10.6 Å². The molecule has 1 aromatic rings. The van der Waals surface area contributed by atoms with Gasteiger partial charge in [0, 0.05) is 30.2 Å². The Kier molecular flexibility index (Phi) is 11.1. The van der Waals surface area contributed by atoms with E-state index in [1.807, 2.05) is 0 Å². The van der Waals surface area contributed by atoms with Crippen molar-refractivity contribution in [1.29, 1.82) is 0 Å². The van der Waals surface area contributed by atoms with Crippen LogP contribution in [0.2, 0.25) is 0 Å². The van der Waals surface area contributed by atoms with Crippen LogP contribution in [0, 0.1) is 5.92 Å². The lowest BCUT2D eigenvalue weighted by atomic mass is 9.93. The smallest absolute Gasteiger partial charge is 0.220 e. The van der Waals surface area contributed by atoms with Crippen molar-refractivity contribution >= 4 is 42.1 Å². The lowest BCUT2D eigenvalue weighted by Crippen LogP contribution is -2.30. The van der Waals surface area contributed by atoms with Crippen molar-refractivity contribution in [2.75, 3.05) is 19.6 Å². The zero-order valence-electron chi connectivity index (χ0n) is 14.9. The third-order valence-corrected chi connectivity index (χ3v) is 5.13. The van der Waals surface area contributed by atoms with E-state index in [0.29, 0.717) is 13.0 Å². The fourth-order valence-electron chi connectivity index (χ4n) is 2.67. The molecule has 0 unspecified atom stereocenters. The van der Waals surface area contributed by atoms with Crippen LogP contribution in [0.1, 0.15) is 57.2 Å². The molecule has 1 saturated heterocycles. The quantitative estimate of drug-likeness (QED) is 0.771. The van der Waals surface area contributed by atoms with Crippen molar-refractivity contribution in [3.63, 3.8) is 0 Å². The molecule has 0 spiro atoms. The molecular weight excluding hydrogens is 365 g/mol. The van der Waals surface area contributed by atoms with E-state index in [4.69, 9.17) is 0 Å². The van der Waals surface area contributed by atoms with Crippen LogP contribution in [0.4, 0.5) is 0 Å². The lowest BCUT2D eigenvalue weighted by molar-refractivity contribution is -0.121. The average molecular weight is 396 g/mol. The van der Waals surface area contributed by atoms with Crippen LogP contribution in [0.5, 0.6) is 0 Å². The van der Waals surface area contributed by atoms with Crippen molar-refractivity contribution in [2.24, 2.45) is 5.92 Å².